The molecule has 0 saturated carbocycles. The fourth-order valence-corrected chi connectivity index (χ4v) is 4.06. The van der Waals surface area contributed by atoms with Crippen LogP contribution in [0.25, 0.3) is 0 Å². The predicted octanol–water partition coefficient (Wildman–Crippen LogP) is 2.35. The van der Waals surface area contributed by atoms with Crippen molar-refractivity contribution in [2.45, 2.75) is 39.3 Å². The van der Waals surface area contributed by atoms with Gasteiger partial charge in [-0.2, -0.15) is 13.2 Å². The van der Waals surface area contributed by atoms with Crippen LogP contribution in [-0.4, -0.2) is 67.7 Å². The molecule has 0 aliphatic carbocycles. The number of carbonyl (C=O) groups excluding carboxylic acids is 1. The highest BCUT2D eigenvalue weighted by atomic mass is 19.4. The molecule has 140 valence electrons. The van der Waals surface area contributed by atoms with Gasteiger partial charge in [-0.05, 0) is 44.2 Å². The van der Waals surface area contributed by atoms with Crippen LogP contribution in [-0.2, 0) is 4.79 Å². The monoisotopic (exact) mass is 349 g/mol. The Bertz CT molecular complexity index is 398. The molecule has 1 N–H and O–H groups in total. The second-order valence-corrected chi connectivity index (χ2v) is 7.66. The second-order valence-electron chi connectivity index (χ2n) is 7.66. The molecule has 0 spiro atoms. The summed E-state index contributed by atoms with van der Waals surface area (Å²) in [4.78, 5) is 16.0. The lowest BCUT2D eigenvalue weighted by atomic mass is 9.92. The topological polar surface area (TPSA) is 35.6 Å². The Morgan fingerprint density at radius 2 is 1.67 bits per heavy atom. The number of hydrogen-bond donors (Lipinski definition) is 1. The Kier molecular flexibility index (Phi) is 6.92. The van der Waals surface area contributed by atoms with Crippen molar-refractivity contribution < 1.29 is 18.0 Å². The highest BCUT2D eigenvalue weighted by Gasteiger charge is 2.33. The summed E-state index contributed by atoms with van der Waals surface area (Å²) in [5.41, 5.74) is 0. The van der Waals surface area contributed by atoms with E-state index in [1.807, 2.05) is 0 Å². The van der Waals surface area contributed by atoms with Gasteiger partial charge in [-0.1, -0.05) is 13.8 Å². The standard InChI is InChI=1S/C17H30F3N3O/c1-13-9-14(2)11-23(10-13)8-5-21-16(24)15-3-6-22(7-4-15)12-17(18,19)20/h13-15H,3-12H2,1-2H3,(H,21,24)/t13-,14-/m0/s1. The molecule has 0 aromatic rings. The largest absolute Gasteiger partial charge is 0.401 e. The first-order valence-electron chi connectivity index (χ1n) is 9.02. The van der Waals surface area contributed by atoms with Gasteiger partial charge in [-0.3, -0.25) is 9.69 Å². The summed E-state index contributed by atoms with van der Waals surface area (Å²) in [6.07, 6.45) is -1.86. The summed E-state index contributed by atoms with van der Waals surface area (Å²) in [5.74, 6) is 1.25. The van der Waals surface area contributed by atoms with Crippen molar-refractivity contribution in [3.8, 4) is 0 Å². The van der Waals surface area contributed by atoms with Crippen LogP contribution >= 0.6 is 0 Å². The third kappa shape index (κ3) is 6.59. The van der Waals surface area contributed by atoms with Gasteiger partial charge in [0, 0.05) is 32.1 Å². The van der Waals surface area contributed by atoms with Gasteiger partial charge in [0.05, 0.1) is 6.54 Å². The molecule has 4 nitrogen and oxygen atoms in total. The molecule has 0 aromatic carbocycles. The minimum Gasteiger partial charge on any atom is -0.355 e. The van der Waals surface area contributed by atoms with Gasteiger partial charge in [0.15, 0.2) is 0 Å². The predicted molar refractivity (Wildman–Crippen MR) is 87.6 cm³/mol. The van der Waals surface area contributed by atoms with Crippen molar-refractivity contribution in [2.75, 3.05) is 45.8 Å². The van der Waals surface area contributed by atoms with Crippen LogP contribution in [0.5, 0.6) is 0 Å². The molecule has 0 unspecified atom stereocenters. The number of hydrogen-bond acceptors (Lipinski definition) is 3. The molecule has 1 amide bonds. The molecule has 24 heavy (non-hydrogen) atoms. The maximum Gasteiger partial charge on any atom is 0.401 e. The van der Waals surface area contributed by atoms with Crippen molar-refractivity contribution in [3.05, 3.63) is 0 Å². The van der Waals surface area contributed by atoms with Crippen LogP contribution in [0.15, 0.2) is 0 Å². The highest BCUT2D eigenvalue weighted by molar-refractivity contribution is 5.78. The molecule has 0 radical (unpaired) electrons. The van der Waals surface area contributed by atoms with Crippen LogP contribution in [0.4, 0.5) is 13.2 Å². The van der Waals surface area contributed by atoms with Crippen LogP contribution in [0.2, 0.25) is 0 Å². The fourth-order valence-electron chi connectivity index (χ4n) is 4.06. The van der Waals surface area contributed by atoms with Crippen LogP contribution in [0, 0.1) is 17.8 Å². The molecule has 2 fully saturated rings. The lowest BCUT2D eigenvalue weighted by Gasteiger charge is -2.35. The van der Waals surface area contributed by atoms with E-state index < -0.39 is 12.7 Å². The van der Waals surface area contributed by atoms with Gasteiger partial charge in [-0.15, -0.1) is 0 Å². The van der Waals surface area contributed by atoms with Crippen molar-refractivity contribution in [1.29, 1.82) is 0 Å². The minimum atomic E-state index is -4.15. The summed E-state index contributed by atoms with van der Waals surface area (Å²) in [7, 11) is 0. The van der Waals surface area contributed by atoms with Crippen molar-refractivity contribution in [1.82, 2.24) is 15.1 Å². The van der Waals surface area contributed by atoms with E-state index in [-0.39, 0.29) is 11.8 Å². The normalized spacial score (nSPS) is 28.0. The van der Waals surface area contributed by atoms with Crippen molar-refractivity contribution >= 4 is 5.91 Å². The molecule has 0 aromatic heterocycles. The lowest BCUT2D eigenvalue weighted by molar-refractivity contribution is -0.149. The summed E-state index contributed by atoms with van der Waals surface area (Å²) >= 11 is 0. The lowest BCUT2D eigenvalue weighted by Crippen LogP contribution is -2.46. The number of piperidine rings is 2. The SMILES string of the molecule is C[C@H]1C[C@H](C)CN(CCNC(=O)C2CCN(CC(F)(F)F)CC2)C1. The highest BCUT2D eigenvalue weighted by Crippen LogP contribution is 2.23. The van der Waals surface area contributed by atoms with E-state index >= 15 is 0 Å². The van der Waals surface area contributed by atoms with E-state index in [4.69, 9.17) is 0 Å². The zero-order valence-electron chi connectivity index (χ0n) is 14.7. The average molecular weight is 349 g/mol. The molecule has 0 bridgehead atoms. The molecule has 2 rings (SSSR count). The zero-order chi connectivity index (χ0) is 17.7. The Labute approximate surface area is 142 Å². The smallest absolute Gasteiger partial charge is 0.355 e. The molecular formula is C17H30F3N3O. The molecular weight excluding hydrogens is 319 g/mol. The van der Waals surface area contributed by atoms with Crippen LogP contribution in [0.1, 0.15) is 33.1 Å². The van der Waals surface area contributed by atoms with Crippen molar-refractivity contribution in [2.24, 2.45) is 17.8 Å². The molecule has 2 saturated heterocycles. The number of alkyl halides is 3. The van der Waals surface area contributed by atoms with E-state index in [1.54, 1.807) is 0 Å². The summed E-state index contributed by atoms with van der Waals surface area (Å²) in [6, 6.07) is 0. The maximum atomic E-state index is 12.4. The third-order valence-corrected chi connectivity index (χ3v) is 5.03. The van der Waals surface area contributed by atoms with E-state index in [1.165, 1.54) is 11.3 Å². The Hall–Kier alpha value is -0.820. The van der Waals surface area contributed by atoms with Gasteiger partial charge in [0.2, 0.25) is 5.91 Å². The molecule has 7 heteroatoms. The second kappa shape index (κ2) is 8.52. The van der Waals surface area contributed by atoms with E-state index in [2.05, 4.69) is 24.1 Å². The van der Waals surface area contributed by atoms with Crippen molar-refractivity contribution in [3.63, 3.8) is 0 Å². The first-order chi connectivity index (χ1) is 11.2. The Morgan fingerprint density at radius 1 is 1.08 bits per heavy atom. The number of rotatable bonds is 5. The fraction of sp³-hybridized carbons (Fsp3) is 0.941. The van der Waals surface area contributed by atoms with Gasteiger partial charge in [0.25, 0.3) is 0 Å². The first kappa shape index (κ1) is 19.5. The Morgan fingerprint density at radius 3 is 2.21 bits per heavy atom. The van der Waals surface area contributed by atoms with Gasteiger partial charge in [-0.25, -0.2) is 0 Å². The van der Waals surface area contributed by atoms with E-state index in [9.17, 15) is 18.0 Å². The number of carbonyl (C=O) groups is 1. The number of amides is 1. The number of nitrogens with zero attached hydrogens (tertiary/aromatic N) is 2. The molecule has 2 aliphatic rings. The number of likely N-dealkylation sites (tertiary alicyclic amines) is 2. The molecule has 2 aliphatic heterocycles. The number of nitrogens with one attached hydrogen (secondary N) is 1. The Balaban J connectivity index is 1.63. The number of halogens is 3. The third-order valence-electron chi connectivity index (χ3n) is 5.03. The zero-order valence-corrected chi connectivity index (χ0v) is 14.7. The van der Waals surface area contributed by atoms with Crippen LogP contribution < -0.4 is 5.32 Å². The summed E-state index contributed by atoms with van der Waals surface area (Å²) in [5, 5.41) is 2.97. The van der Waals surface area contributed by atoms with E-state index in [0.29, 0.717) is 44.3 Å². The summed E-state index contributed by atoms with van der Waals surface area (Å²) < 4.78 is 37.1. The maximum absolute atomic E-state index is 12.4. The summed E-state index contributed by atoms with van der Waals surface area (Å²) in [6.45, 7) is 7.98. The average Bonchev–Trinajstić information content (AvgIpc) is 2.45. The molecule has 2 heterocycles. The van der Waals surface area contributed by atoms with Crippen LogP contribution in [0.3, 0.4) is 0 Å². The van der Waals surface area contributed by atoms with Gasteiger partial charge >= 0.3 is 6.18 Å². The van der Waals surface area contributed by atoms with Gasteiger partial charge in [0.1, 0.15) is 0 Å². The van der Waals surface area contributed by atoms with E-state index in [0.717, 1.165) is 19.6 Å². The minimum absolute atomic E-state index is 0.000218. The van der Waals surface area contributed by atoms with Gasteiger partial charge < -0.3 is 10.2 Å². The molecule has 2 atom stereocenters. The quantitative estimate of drug-likeness (QED) is 0.828. The first-order valence-corrected chi connectivity index (χ1v) is 9.02.